The van der Waals surface area contributed by atoms with Crippen LogP contribution in [0.1, 0.15) is 44.1 Å². The summed E-state index contributed by atoms with van der Waals surface area (Å²) in [6.45, 7) is 1.05. The van der Waals surface area contributed by atoms with Crippen molar-refractivity contribution in [2.24, 2.45) is 0 Å². The van der Waals surface area contributed by atoms with Crippen LogP contribution in [0, 0.1) is 0 Å². The molecule has 1 aromatic carbocycles. The van der Waals surface area contributed by atoms with E-state index < -0.39 is 9.84 Å². The van der Waals surface area contributed by atoms with Crippen molar-refractivity contribution in [1.82, 2.24) is 10.2 Å². The molecule has 2 amide bonds. The van der Waals surface area contributed by atoms with E-state index in [2.05, 4.69) is 11.4 Å². The highest BCUT2D eigenvalue weighted by atomic mass is 32.2. The first-order valence-corrected chi connectivity index (χ1v) is 11.3. The molecule has 0 unspecified atom stereocenters. The van der Waals surface area contributed by atoms with Crippen molar-refractivity contribution >= 4 is 15.9 Å². The molecule has 26 heavy (non-hydrogen) atoms. The third-order valence-electron chi connectivity index (χ3n) is 5.21. The number of benzene rings is 1. The minimum atomic E-state index is -3.03. The van der Waals surface area contributed by atoms with E-state index in [1.165, 1.54) is 18.4 Å². The van der Waals surface area contributed by atoms with Gasteiger partial charge in [-0.25, -0.2) is 13.2 Å². The number of nitrogens with one attached hydrogen (secondary N) is 1. The van der Waals surface area contributed by atoms with Crippen LogP contribution in [0.4, 0.5) is 4.79 Å². The Hall–Kier alpha value is -1.82. The Morgan fingerprint density at radius 2 is 2.00 bits per heavy atom. The highest BCUT2D eigenvalue weighted by molar-refractivity contribution is 7.91. The Bertz CT molecular complexity index is 744. The van der Waals surface area contributed by atoms with Gasteiger partial charge in [0, 0.05) is 19.1 Å². The van der Waals surface area contributed by atoms with Crippen LogP contribution in [0.2, 0.25) is 0 Å². The lowest BCUT2D eigenvalue weighted by Crippen LogP contribution is -2.46. The molecule has 1 aliphatic carbocycles. The Morgan fingerprint density at radius 3 is 2.65 bits per heavy atom. The highest BCUT2D eigenvalue weighted by Gasteiger charge is 2.34. The van der Waals surface area contributed by atoms with Gasteiger partial charge in [-0.05, 0) is 44.1 Å². The molecule has 1 atom stereocenters. The lowest BCUT2D eigenvalue weighted by atomic mass is 9.97. The van der Waals surface area contributed by atoms with Gasteiger partial charge in [-0.1, -0.05) is 42.0 Å². The number of nitrogens with zero attached hydrogens (tertiary/aromatic N) is 1. The summed E-state index contributed by atoms with van der Waals surface area (Å²) >= 11 is 0. The molecule has 3 rings (SSSR count). The Morgan fingerprint density at radius 1 is 1.19 bits per heavy atom. The molecule has 0 bridgehead atoms. The molecule has 142 valence electrons. The first-order valence-electron chi connectivity index (χ1n) is 9.50. The molecule has 2 aliphatic rings. The van der Waals surface area contributed by atoms with E-state index in [9.17, 15) is 13.2 Å². The zero-order valence-electron chi connectivity index (χ0n) is 15.2. The van der Waals surface area contributed by atoms with Crippen LogP contribution in [0.25, 0.3) is 0 Å². The van der Waals surface area contributed by atoms with E-state index in [1.807, 2.05) is 30.3 Å². The molecule has 0 aromatic heterocycles. The number of urea groups is 1. The van der Waals surface area contributed by atoms with Crippen LogP contribution >= 0.6 is 0 Å². The fourth-order valence-corrected chi connectivity index (χ4v) is 5.46. The van der Waals surface area contributed by atoms with E-state index in [-0.39, 0.29) is 23.6 Å². The maximum Gasteiger partial charge on any atom is 0.317 e. The zero-order chi connectivity index (χ0) is 18.4. The second-order valence-corrected chi connectivity index (χ2v) is 9.49. The number of hydrogen-bond acceptors (Lipinski definition) is 3. The monoisotopic (exact) mass is 376 g/mol. The van der Waals surface area contributed by atoms with E-state index >= 15 is 0 Å². The molecule has 1 heterocycles. The molecule has 6 heteroatoms. The van der Waals surface area contributed by atoms with Gasteiger partial charge in [0.05, 0.1) is 11.5 Å². The first-order chi connectivity index (χ1) is 12.5. The first kappa shape index (κ1) is 19.0. The van der Waals surface area contributed by atoms with Gasteiger partial charge in [-0.2, -0.15) is 0 Å². The van der Waals surface area contributed by atoms with Gasteiger partial charge in [0.2, 0.25) is 0 Å². The average molecular weight is 377 g/mol. The third kappa shape index (κ3) is 5.34. The van der Waals surface area contributed by atoms with Crippen molar-refractivity contribution in [2.75, 3.05) is 18.1 Å². The van der Waals surface area contributed by atoms with Gasteiger partial charge in [0.25, 0.3) is 0 Å². The summed E-state index contributed by atoms with van der Waals surface area (Å²) in [6.07, 6.45) is 8.47. The number of carbonyl (C=O) groups excluding carboxylic acids is 1. The number of carbonyl (C=O) groups is 1. The van der Waals surface area contributed by atoms with E-state index in [1.54, 1.807) is 4.90 Å². The number of hydrogen-bond donors (Lipinski definition) is 1. The SMILES string of the molecule is O=C(NCCC1=CCCCC1)N(Cc1ccccc1)[C@H]1CCS(=O)(=O)C1. The maximum atomic E-state index is 12.8. The Balaban J connectivity index is 1.62. The molecule has 1 aromatic rings. The molecule has 0 spiro atoms. The van der Waals surface area contributed by atoms with Crippen LogP contribution in [-0.4, -0.2) is 43.4 Å². The summed E-state index contributed by atoms with van der Waals surface area (Å²) in [6, 6.07) is 9.35. The van der Waals surface area contributed by atoms with Crippen LogP contribution in [0.15, 0.2) is 42.0 Å². The topological polar surface area (TPSA) is 66.5 Å². The summed E-state index contributed by atoms with van der Waals surface area (Å²) in [5, 5.41) is 3.01. The van der Waals surface area contributed by atoms with Gasteiger partial charge in [-0.15, -0.1) is 0 Å². The van der Waals surface area contributed by atoms with E-state index in [0.717, 1.165) is 24.8 Å². The van der Waals surface area contributed by atoms with Crippen molar-refractivity contribution in [2.45, 2.75) is 51.1 Å². The highest BCUT2D eigenvalue weighted by Crippen LogP contribution is 2.21. The summed E-state index contributed by atoms with van der Waals surface area (Å²) < 4.78 is 23.8. The lowest BCUT2D eigenvalue weighted by molar-refractivity contribution is 0.176. The fraction of sp³-hybridized carbons (Fsp3) is 0.550. The molecule has 0 saturated carbocycles. The van der Waals surface area contributed by atoms with Crippen molar-refractivity contribution < 1.29 is 13.2 Å². The lowest BCUT2D eigenvalue weighted by Gasteiger charge is -2.28. The van der Waals surface area contributed by atoms with E-state index in [4.69, 9.17) is 0 Å². The minimum absolute atomic E-state index is 0.0679. The minimum Gasteiger partial charge on any atom is -0.338 e. The Kier molecular flexibility index (Phi) is 6.35. The third-order valence-corrected chi connectivity index (χ3v) is 6.96. The average Bonchev–Trinajstić information content (AvgIpc) is 3.01. The van der Waals surface area contributed by atoms with Crippen molar-refractivity contribution in [3.8, 4) is 0 Å². The molecule has 1 N–H and O–H groups in total. The van der Waals surface area contributed by atoms with Gasteiger partial charge < -0.3 is 10.2 Å². The van der Waals surface area contributed by atoms with Crippen LogP contribution in [-0.2, 0) is 16.4 Å². The molecule has 1 fully saturated rings. The van der Waals surface area contributed by atoms with Crippen LogP contribution in [0.5, 0.6) is 0 Å². The summed E-state index contributed by atoms with van der Waals surface area (Å²) in [4.78, 5) is 14.5. The van der Waals surface area contributed by atoms with Crippen LogP contribution < -0.4 is 5.32 Å². The predicted molar refractivity (Wildman–Crippen MR) is 104 cm³/mol. The normalized spacial score (nSPS) is 21.8. The van der Waals surface area contributed by atoms with Crippen molar-refractivity contribution in [3.05, 3.63) is 47.5 Å². The van der Waals surface area contributed by atoms with Gasteiger partial charge >= 0.3 is 6.03 Å². The summed E-state index contributed by atoms with van der Waals surface area (Å²) in [7, 11) is -3.03. The number of sulfone groups is 1. The van der Waals surface area contributed by atoms with Gasteiger partial charge in [-0.3, -0.25) is 0 Å². The largest absolute Gasteiger partial charge is 0.338 e. The second-order valence-electron chi connectivity index (χ2n) is 7.26. The second kappa shape index (κ2) is 8.71. The number of rotatable bonds is 6. The Labute approximate surface area is 156 Å². The number of amides is 2. The molecular formula is C20H28N2O3S. The van der Waals surface area contributed by atoms with Crippen molar-refractivity contribution in [1.29, 1.82) is 0 Å². The molecular weight excluding hydrogens is 348 g/mol. The van der Waals surface area contributed by atoms with Crippen molar-refractivity contribution in [3.63, 3.8) is 0 Å². The molecule has 5 nitrogen and oxygen atoms in total. The summed E-state index contributed by atoms with van der Waals surface area (Å²) in [5.74, 6) is 0.238. The number of allylic oxidation sites excluding steroid dienone is 1. The fourth-order valence-electron chi connectivity index (χ4n) is 3.73. The summed E-state index contributed by atoms with van der Waals surface area (Å²) in [5.41, 5.74) is 2.44. The van der Waals surface area contributed by atoms with Crippen LogP contribution in [0.3, 0.4) is 0 Å². The maximum absolute atomic E-state index is 12.8. The molecule has 1 saturated heterocycles. The molecule has 1 aliphatic heterocycles. The standard InChI is InChI=1S/C20H28N2O3S/c23-20(21-13-11-17-7-3-1-4-8-17)22(15-18-9-5-2-6-10-18)19-12-14-26(24,25)16-19/h2,5-7,9-10,19H,1,3-4,8,11-16H2,(H,21,23)/t19-/m0/s1. The predicted octanol–water partition coefficient (Wildman–Crippen LogP) is 3.28. The smallest absolute Gasteiger partial charge is 0.317 e. The quantitative estimate of drug-likeness (QED) is 0.775. The van der Waals surface area contributed by atoms with Gasteiger partial charge in [0.1, 0.15) is 0 Å². The van der Waals surface area contributed by atoms with E-state index in [0.29, 0.717) is 19.5 Å². The molecule has 0 radical (unpaired) electrons. The van der Waals surface area contributed by atoms with Gasteiger partial charge in [0.15, 0.2) is 9.84 Å². The zero-order valence-corrected chi connectivity index (χ0v) is 16.0.